The van der Waals surface area contributed by atoms with Crippen LogP contribution in [0.15, 0.2) is 18.2 Å². The van der Waals surface area contributed by atoms with Crippen molar-refractivity contribution in [2.75, 3.05) is 0 Å². The summed E-state index contributed by atoms with van der Waals surface area (Å²) in [5, 5.41) is 0. The van der Waals surface area contributed by atoms with E-state index in [2.05, 4.69) is 36.7 Å². The van der Waals surface area contributed by atoms with Crippen LogP contribution in [0.25, 0.3) is 0 Å². The van der Waals surface area contributed by atoms with Gasteiger partial charge in [0.25, 0.3) is 0 Å². The van der Waals surface area contributed by atoms with Crippen LogP contribution in [0.4, 0.5) is 8.78 Å². The van der Waals surface area contributed by atoms with Crippen LogP contribution in [-0.4, -0.2) is 17.0 Å². The molecule has 19 heavy (non-hydrogen) atoms. The molecule has 1 aliphatic heterocycles. The van der Waals surface area contributed by atoms with E-state index < -0.39 is 11.6 Å². The lowest BCUT2D eigenvalue weighted by molar-refractivity contribution is 0.0511. The predicted molar refractivity (Wildman–Crippen MR) is 75.4 cm³/mol. The Bertz CT molecular complexity index is 452. The number of hydrogen-bond donors (Lipinski definition) is 0. The Morgan fingerprint density at radius 1 is 1.21 bits per heavy atom. The Balaban J connectivity index is 2.10. The van der Waals surface area contributed by atoms with Gasteiger partial charge < -0.3 is 4.74 Å². The number of halogens is 3. The van der Waals surface area contributed by atoms with Crippen molar-refractivity contribution in [1.82, 2.24) is 0 Å². The van der Waals surface area contributed by atoms with Gasteiger partial charge in [-0.1, -0.05) is 28.9 Å². The summed E-state index contributed by atoms with van der Waals surface area (Å²) in [6, 6.07) is 3.77. The molecule has 0 radical (unpaired) electrons. The topological polar surface area (TPSA) is 9.23 Å². The Kier molecular flexibility index (Phi) is 4.62. The maximum atomic E-state index is 13.7. The molecule has 1 aliphatic rings. The molecule has 5 unspecified atom stereocenters. The van der Waals surface area contributed by atoms with Crippen molar-refractivity contribution in [3.63, 3.8) is 0 Å². The molecule has 0 amide bonds. The Morgan fingerprint density at radius 3 is 2.42 bits per heavy atom. The van der Waals surface area contributed by atoms with Crippen LogP contribution >= 0.6 is 15.9 Å². The Morgan fingerprint density at radius 2 is 1.89 bits per heavy atom. The first-order chi connectivity index (χ1) is 8.90. The second kappa shape index (κ2) is 5.88. The molecular weight excluding hydrogens is 314 g/mol. The molecule has 1 nitrogen and oxygen atoms in total. The average Bonchev–Trinajstić information content (AvgIpc) is 2.57. The molecule has 4 heteroatoms. The number of alkyl halides is 1. The van der Waals surface area contributed by atoms with E-state index in [0.29, 0.717) is 23.8 Å². The fraction of sp³-hybridized carbons (Fsp3) is 0.600. The van der Waals surface area contributed by atoms with Crippen molar-refractivity contribution in [1.29, 1.82) is 0 Å². The first kappa shape index (κ1) is 14.9. The van der Waals surface area contributed by atoms with Gasteiger partial charge in [-0.05, 0) is 37.8 Å². The van der Waals surface area contributed by atoms with E-state index in [4.69, 9.17) is 4.74 Å². The maximum Gasteiger partial charge on any atom is 0.129 e. The van der Waals surface area contributed by atoms with Crippen LogP contribution in [0.2, 0.25) is 0 Å². The van der Waals surface area contributed by atoms with Gasteiger partial charge in [0, 0.05) is 16.8 Å². The molecule has 1 saturated heterocycles. The highest BCUT2D eigenvalue weighted by Crippen LogP contribution is 2.38. The molecule has 1 fully saturated rings. The summed E-state index contributed by atoms with van der Waals surface area (Å²) in [5.41, 5.74) is 0.544. The zero-order valence-corrected chi connectivity index (χ0v) is 13.0. The quantitative estimate of drug-likeness (QED) is 0.748. The van der Waals surface area contributed by atoms with Crippen LogP contribution in [0, 0.1) is 23.5 Å². The largest absolute Gasteiger partial charge is 0.375 e. The molecule has 1 aromatic carbocycles. The monoisotopic (exact) mass is 332 g/mol. The SMILES string of the molecule is CC1OC(C)C(C(Br)Cc2ccc(F)cc2F)C1C. The van der Waals surface area contributed by atoms with E-state index in [1.807, 2.05) is 0 Å². The van der Waals surface area contributed by atoms with Crippen molar-refractivity contribution < 1.29 is 13.5 Å². The molecular formula is C15H19BrF2O. The third-order valence-corrected chi connectivity index (χ3v) is 5.10. The van der Waals surface area contributed by atoms with E-state index in [-0.39, 0.29) is 17.0 Å². The van der Waals surface area contributed by atoms with Gasteiger partial charge in [-0.25, -0.2) is 8.78 Å². The van der Waals surface area contributed by atoms with Gasteiger partial charge in [0.1, 0.15) is 11.6 Å². The summed E-state index contributed by atoms with van der Waals surface area (Å²) in [6.45, 7) is 6.29. The van der Waals surface area contributed by atoms with E-state index in [0.717, 1.165) is 6.07 Å². The van der Waals surface area contributed by atoms with Gasteiger partial charge in [-0.3, -0.25) is 0 Å². The van der Waals surface area contributed by atoms with E-state index in [1.165, 1.54) is 12.1 Å². The van der Waals surface area contributed by atoms with Crippen molar-refractivity contribution in [2.45, 2.75) is 44.2 Å². The molecule has 0 aromatic heterocycles. The summed E-state index contributed by atoms with van der Waals surface area (Å²) in [7, 11) is 0. The average molecular weight is 333 g/mol. The lowest BCUT2D eigenvalue weighted by Gasteiger charge is -2.24. The normalized spacial score (nSPS) is 32.5. The molecule has 0 aliphatic carbocycles. The first-order valence-electron chi connectivity index (χ1n) is 6.63. The summed E-state index contributed by atoms with van der Waals surface area (Å²) in [4.78, 5) is 0.127. The minimum absolute atomic E-state index is 0.127. The van der Waals surface area contributed by atoms with Crippen molar-refractivity contribution in [3.8, 4) is 0 Å². The van der Waals surface area contributed by atoms with E-state index in [9.17, 15) is 8.78 Å². The number of hydrogen-bond acceptors (Lipinski definition) is 1. The van der Waals surface area contributed by atoms with Gasteiger partial charge in [-0.15, -0.1) is 0 Å². The summed E-state index contributed by atoms with van der Waals surface area (Å²) in [5.74, 6) is -0.258. The molecule has 1 heterocycles. The highest BCUT2D eigenvalue weighted by Gasteiger charge is 2.40. The molecule has 106 valence electrons. The van der Waals surface area contributed by atoms with Gasteiger partial charge in [0.2, 0.25) is 0 Å². The van der Waals surface area contributed by atoms with Crippen molar-refractivity contribution in [2.24, 2.45) is 11.8 Å². The fourth-order valence-electron chi connectivity index (χ4n) is 2.95. The highest BCUT2D eigenvalue weighted by atomic mass is 79.9. The third kappa shape index (κ3) is 3.16. The zero-order valence-electron chi connectivity index (χ0n) is 11.4. The van der Waals surface area contributed by atoms with Crippen LogP contribution in [-0.2, 0) is 11.2 Å². The third-order valence-electron chi connectivity index (χ3n) is 4.17. The highest BCUT2D eigenvalue weighted by molar-refractivity contribution is 9.09. The molecule has 0 spiro atoms. The van der Waals surface area contributed by atoms with Crippen LogP contribution < -0.4 is 0 Å². The number of ether oxygens (including phenoxy) is 1. The maximum absolute atomic E-state index is 13.7. The van der Waals surface area contributed by atoms with E-state index >= 15 is 0 Å². The predicted octanol–water partition coefficient (Wildman–Crippen LogP) is 4.33. The smallest absolute Gasteiger partial charge is 0.129 e. The number of benzene rings is 1. The number of rotatable bonds is 3. The van der Waals surface area contributed by atoms with Crippen LogP contribution in [0.1, 0.15) is 26.3 Å². The molecule has 1 aromatic rings. The van der Waals surface area contributed by atoms with Crippen molar-refractivity contribution in [3.05, 3.63) is 35.4 Å². The summed E-state index contributed by atoms with van der Waals surface area (Å²) in [6.07, 6.45) is 0.914. The second-order valence-electron chi connectivity index (χ2n) is 5.44. The molecule has 0 bridgehead atoms. The van der Waals surface area contributed by atoms with Gasteiger partial charge in [-0.2, -0.15) is 0 Å². The summed E-state index contributed by atoms with van der Waals surface area (Å²) < 4.78 is 32.4. The van der Waals surface area contributed by atoms with Gasteiger partial charge in [0.15, 0.2) is 0 Å². The minimum atomic E-state index is -0.535. The second-order valence-corrected chi connectivity index (χ2v) is 6.61. The van der Waals surface area contributed by atoms with Crippen molar-refractivity contribution >= 4 is 15.9 Å². The standard InChI is InChI=1S/C15H19BrF2O/c1-8-9(2)19-10(3)15(8)13(16)6-11-4-5-12(17)7-14(11)18/h4-5,7-10,13,15H,6H2,1-3H3. The zero-order chi connectivity index (χ0) is 14.2. The van der Waals surface area contributed by atoms with Gasteiger partial charge >= 0.3 is 0 Å². The summed E-state index contributed by atoms with van der Waals surface area (Å²) >= 11 is 3.66. The lowest BCUT2D eigenvalue weighted by Crippen LogP contribution is -2.28. The van der Waals surface area contributed by atoms with E-state index in [1.54, 1.807) is 0 Å². The fourth-order valence-corrected chi connectivity index (χ4v) is 4.21. The Labute approximate surface area is 121 Å². The molecule has 0 N–H and O–H groups in total. The molecule has 5 atom stereocenters. The Hall–Kier alpha value is -0.480. The van der Waals surface area contributed by atoms with Crippen LogP contribution in [0.3, 0.4) is 0 Å². The van der Waals surface area contributed by atoms with Gasteiger partial charge in [0.05, 0.1) is 12.2 Å². The molecule has 2 rings (SSSR count). The van der Waals surface area contributed by atoms with Crippen LogP contribution in [0.5, 0.6) is 0 Å². The lowest BCUT2D eigenvalue weighted by atomic mass is 9.85. The first-order valence-corrected chi connectivity index (χ1v) is 7.55. The minimum Gasteiger partial charge on any atom is -0.375 e. The molecule has 0 saturated carbocycles.